The van der Waals surface area contributed by atoms with Gasteiger partial charge in [0, 0.05) is 17.1 Å². The molecule has 0 bridgehead atoms. The number of nitrogens with zero attached hydrogens (tertiary/aromatic N) is 1. The summed E-state index contributed by atoms with van der Waals surface area (Å²) in [6.07, 6.45) is 2.41. The van der Waals surface area contributed by atoms with E-state index in [0.29, 0.717) is 0 Å². The van der Waals surface area contributed by atoms with Crippen molar-refractivity contribution in [2.45, 2.75) is 38.8 Å². The Balaban J connectivity index is 2.81. The number of likely N-dealkylation sites (N-methyl/N-ethyl adjacent to an activating group) is 1. The van der Waals surface area contributed by atoms with E-state index in [4.69, 9.17) is 17.3 Å². The molecule has 0 spiro atoms. The van der Waals surface area contributed by atoms with Gasteiger partial charge in [0.15, 0.2) is 0 Å². The molecule has 0 amide bonds. The molecule has 0 aliphatic heterocycles. The Morgan fingerprint density at radius 2 is 1.88 bits per heavy atom. The lowest BCUT2D eigenvalue weighted by atomic mass is 9.99. The van der Waals surface area contributed by atoms with Gasteiger partial charge in [0.05, 0.1) is 0 Å². The first-order valence-corrected chi connectivity index (χ1v) is 6.65. The fourth-order valence-electron chi connectivity index (χ4n) is 2.17. The van der Waals surface area contributed by atoms with Crippen LogP contribution in [0.2, 0.25) is 5.02 Å². The van der Waals surface area contributed by atoms with E-state index < -0.39 is 0 Å². The largest absolute Gasteiger partial charge is 0.326 e. The number of unbranched alkanes of at least 4 members (excludes halogenated alkanes) is 1. The molecule has 2 atom stereocenters. The minimum Gasteiger partial charge on any atom is -0.326 e. The third-order valence-electron chi connectivity index (χ3n) is 3.05. The molecule has 17 heavy (non-hydrogen) atoms. The first-order chi connectivity index (χ1) is 8.06. The summed E-state index contributed by atoms with van der Waals surface area (Å²) in [6, 6.07) is 8.37. The molecule has 1 aromatic rings. The lowest BCUT2D eigenvalue weighted by Crippen LogP contribution is -2.37. The van der Waals surface area contributed by atoms with E-state index in [1.807, 2.05) is 12.1 Å². The first-order valence-electron chi connectivity index (χ1n) is 6.27. The molecule has 1 aromatic carbocycles. The van der Waals surface area contributed by atoms with E-state index >= 15 is 0 Å². The van der Waals surface area contributed by atoms with Crippen molar-refractivity contribution in [3.8, 4) is 0 Å². The maximum absolute atomic E-state index is 6.10. The normalized spacial score (nSPS) is 14.9. The molecule has 0 heterocycles. The van der Waals surface area contributed by atoms with E-state index in [9.17, 15) is 0 Å². The van der Waals surface area contributed by atoms with Crippen molar-refractivity contribution in [1.29, 1.82) is 0 Å². The minimum atomic E-state index is 0.109. The maximum atomic E-state index is 6.10. The third kappa shape index (κ3) is 4.30. The van der Waals surface area contributed by atoms with Gasteiger partial charge in [-0.25, -0.2) is 0 Å². The van der Waals surface area contributed by atoms with Gasteiger partial charge in [-0.2, -0.15) is 0 Å². The zero-order valence-corrected chi connectivity index (χ0v) is 11.7. The van der Waals surface area contributed by atoms with E-state index in [0.717, 1.165) is 11.6 Å². The van der Waals surface area contributed by atoms with Crippen LogP contribution in [0.5, 0.6) is 0 Å². The number of rotatable bonds is 6. The predicted octanol–water partition coefficient (Wildman–Crippen LogP) is 3.46. The Labute approximate surface area is 110 Å². The van der Waals surface area contributed by atoms with Crippen LogP contribution in [-0.4, -0.2) is 24.5 Å². The molecule has 0 aliphatic rings. The van der Waals surface area contributed by atoms with E-state index in [1.54, 1.807) is 0 Å². The average molecular weight is 255 g/mol. The van der Waals surface area contributed by atoms with Crippen molar-refractivity contribution in [2.75, 3.05) is 13.6 Å². The highest BCUT2D eigenvalue weighted by Gasteiger charge is 2.20. The fraction of sp³-hybridized carbons (Fsp3) is 0.571. The second kappa shape index (κ2) is 7.00. The summed E-state index contributed by atoms with van der Waals surface area (Å²) in [4.78, 5) is 2.33. The molecular formula is C14H23ClN2. The molecule has 2 N–H and O–H groups in total. The Morgan fingerprint density at radius 1 is 1.29 bits per heavy atom. The predicted molar refractivity (Wildman–Crippen MR) is 75.4 cm³/mol. The molecule has 2 unspecified atom stereocenters. The summed E-state index contributed by atoms with van der Waals surface area (Å²) in [5.74, 6) is 0. The molecular weight excluding hydrogens is 232 g/mol. The van der Waals surface area contributed by atoms with Crippen LogP contribution in [0.15, 0.2) is 24.3 Å². The van der Waals surface area contributed by atoms with Crippen molar-refractivity contribution < 1.29 is 0 Å². The van der Waals surface area contributed by atoms with Crippen molar-refractivity contribution >= 4 is 11.6 Å². The Bertz CT molecular complexity index is 321. The Kier molecular flexibility index (Phi) is 5.96. The number of benzene rings is 1. The van der Waals surface area contributed by atoms with Crippen molar-refractivity contribution in [3.05, 3.63) is 34.9 Å². The van der Waals surface area contributed by atoms with Crippen LogP contribution in [0.1, 0.15) is 38.3 Å². The number of hydrogen-bond acceptors (Lipinski definition) is 2. The van der Waals surface area contributed by atoms with Gasteiger partial charge in [0.2, 0.25) is 0 Å². The third-order valence-corrected chi connectivity index (χ3v) is 3.30. The monoisotopic (exact) mass is 254 g/mol. The van der Waals surface area contributed by atoms with E-state index in [2.05, 4.69) is 37.9 Å². The molecule has 0 fully saturated rings. The SMILES string of the molecule is CCCCN(C)C(c1ccc(Cl)cc1)C(C)N. The summed E-state index contributed by atoms with van der Waals surface area (Å²) >= 11 is 5.91. The molecule has 0 saturated carbocycles. The van der Waals surface area contributed by atoms with E-state index in [1.165, 1.54) is 18.4 Å². The molecule has 2 nitrogen and oxygen atoms in total. The van der Waals surface area contributed by atoms with Crippen LogP contribution >= 0.6 is 11.6 Å². The molecule has 0 aliphatic carbocycles. The molecule has 1 rings (SSSR count). The van der Waals surface area contributed by atoms with Gasteiger partial charge >= 0.3 is 0 Å². The summed E-state index contributed by atoms with van der Waals surface area (Å²) in [6.45, 7) is 5.34. The van der Waals surface area contributed by atoms with Crippen molar-refractivity contribution in [3.63, 3.8) is 0 Å². The summed E-state index contributed by atoms with van der Waals surface area (Å²) in [7, 11) is 2.14. The van der Waals surface area contributed by atoms with Crippen LogP contribution in [0.4, 0.5) is 0 Å². The topological polar surface area (TPSA) is 29.3 Å². The smallest absolute Gasteiger partial charge is 0.0493 e. The molecule has 0 aromatic heterocycles. The molecule has 0 radical (unpaired) electrons. The first kappa shape index (κ1) is 14.5. The van der Waals surface area contributed by atoms with Crippen molar-refractivity contribution in [1.82, 2.24) is 4.90 Å². The van der Waals surface area contributed by atoms with Gasteiger partial charge < -0.3 is 5.73 Å². The van der Waals surface area contributed by atoms with Gasteiger partial charge in [-0.1, -0.05) is 37.1 Å². The molecule has 96 valence electrons. The lowest BCUT2D eigenvalue weighted by molar-refractivity contribution is 0.216. The number of nitrogens with two attached hydrogens (primary N) is 1. The zero-order chi connectivity index (χ0) is 12.8. The van der Waals surface area contributed by atoms with E-state index in [-0.39, 0.29) is 12.1 Å². The number of hydrogen-bond donors (Lipinski definition) is 1. The maximum Gasteiger partial charge on any atom is 0.0493 e. The highest BCUT2D eigenvalue weighted by molar-refractivity contribution is 6.30. The van der Waals surface area contributed by atoms with Crippen LogP contribution in [0.25, 0.3) is 0 Å². The second-order valence-electron chi connectivity index (χ2n) is 4.69. The van der Waals surface area contributed by atoms with Gasteiger partial charge in [0.25, 0.3) is 0 Å². The summed E-state index contributed by atoms with van der Waals surface area (Å²) in [5, 5.41) is 0.772. The van der Waals surface area contributed by atoms with Gasteiger partial charge in [0.1, 0.15) is 0 Å². The summed E-state index contributed by atoms with van der Waals surface area (Å²) < 4.78 is 0. The van der Waals surface area contributed by atoms with Gasteiger partial charge in [-0.3, -0.25) is 4.90 Å². The Morgan fingerprint density at radius 3 is 2.35 bits per heavy atom. The molecule has 0 saturated heterocycles. The van der Waals surface area contributed by atoms with Crippen LogP contribution in [0, 0.1) is 0 Å². The lowest BCUT2D eigenvalue weighted by Gasteiger charge is -2.31. The minimum absolute atomic E-state index is 0.109. The van der Waals surface area contributed by atoms with Crippen LogP contribution in [-0.2, 0) is 0 Å². The quantitative estimate of drug-likeness (QED) is 0.843. The highest BCUT2D eigenvalue weighted by atomic mass is 35.5. The van der Waals surface area contributed by atoms with Gasteiger partial charge in [-0.15, -0.1) is 0 Å². The highest BCUT2D eigenvalue weighted by Crippen LogP contribution is 2.24. The fourth-order valence-corrected chi connectivity index (χ4v) is 2.29. The standard InChI is InChI=1S/C14H23ClN2/c1-4-5-10-17(3)14(11(2)16)12-6-8-13(15)9-7-12/h6-9,11,14H,4-5,10,16H2,1-3H3. The van der Waals surface area contributed by atoms with Crippen LogP contribution < -0.4 is 5.73 Å². The Hall–Kier alpha value is -0.570. The van der Waals surface area contributed by atoms with Crippen LogP contribution in [0.3, 0.4) is 0 Å². The van der Waals surface area contributed by atoms with Crippen molar-refractivity contribution in [2.24, 2.45) is 5.73 Å². The number of halogens is 1. The summed E-state index contributed by atoms with van der Waals surface area (Å²) in [5.41, 5.74) is 7.34. The zero-order valence-electron chi connectivity index (χ0n) is 11.0. The average Bonchev–Trinajstić information content (AvgIpc) is 2.29. The molecule has 3 heteroatoms. The second-order valence-corrected chi connectivity index (χ2v) is 5.13. The van der Waals surface area contributed by atoms with Gasteiger partial charge in [-0.05, 0) is 44.6 Å².